The number of benzene rings is 2. The lowest BCUT2D eigenvalue weighted by molar-refractivity contribution is 0.0996. The molecule has 1 unspecified atom stereocenters. The van der Waals surface area contributed by atoms with Crippen molar-refractivity contribution in [1.82, 2.24) is 5.32 Å². The van der Waals surface area contributed by atoms with E-state index in [1.54, 1.807) is 24.3 Å². The summed E-state index contributed by atoms with van der Waals surface area (Å²) in [6.45, 7) is 1.01. The molecule has 31 heavy (non-hydrogen) atoms. The highest BCUT2D eigenvalue weighted by Crippen LogP contribution is 2.22. The Hall–Kier alpha value is -3.02. The van der Waals surface area contributed by atoms with E-state index in [-0.39, 0.29) is 31.1 Å². The predicted molar refractivity (Wildman–Crippen MR) is 116 cm³/mol. The van der Waals surface area contributed by atoms with Gasteiger partial charge in [0.05, 0.1) is 17.5 Å². The number of nitrogens with two attached hydrogens (primary N) is 1. The van der Waals surface area contributed by atoms with Crippen LogP contribution in [0, 0.1) is 0 Å². The molecular weight excluding hydrogens is 426 g/mol. The fourth-order valence-electron chi connectivity index (χ4n) is 2.51. The van der Waals surface area contributed by atoms with E-state index < -0.39 is 22.0 Å². The Morgan fingerprint density at radius 2 is 1.81 bits per heavy atom. The minimum absolute atomic E-state index is 0.0194. The molecule has 1 atom stereocenters. The van der Waals surface area contributed by atoms with Crippen LogP contribution < -0.4 is 24.8 Å². The predicted octanol–water partition coefficient (Wildman–Crippen LogP) is 0.295. The Labute approximate surface area is 181 Å². The third kappa shape index (κ3) is 7.63. The molecule has 0 bridgehead atoms. The molecule has 0 heterocycles. The number of aliphatic hydroxyl groups is 1. The Morgan fingerprint density at radius 1 is 1.16 bits per heavy atom. The minimum Gasteiger partial charge on any atom is -0.507 e. The first kappa shape index (κ1) is 24.3. The number of rotatable bonds is 12. The number of aliphatic hydroxyl groups excluding tert-OH is 1. The van der Waals surface area contributed by atoms with Crippen LogP contribution in [0.15, 0.2) is 42.5 Å². The summed E-state index contributed by atoms with van der Waals surface area (Å²) in [5.41, 5.74) is 5.66. The number of hydrogen-bond donors (Lipinski definition) is 4. The molecule has 0 aliphatic heterocycles. The van der Waals surface area contributed by atoms with Crippen LogP contribution in [-0.4, -0.2) is 70.2 Å². The van der Waals surface area contributed by atoms with E-state index in [1.165, 1.54) is 25.2 Å². The maximum atomic E-state index is 11.5. The van der Waals surface area contributed by atoms with E-state index in [2.05, 4.69) is 5.32 Å². The second kappa shape index (κ2) is 10.8. The standard InChI is InChI=1S/C20H27N3O7S/c1-23(31(2,27)28)14-3-5-16(6-4-14)30-13-15(24)12-22-9-10-29-17-7-8-19(25)18(11-17)20(21)26/h3-8,11,15,22,24-25H,9-10,12-13H2,1-2H3,(H2,21,26). The number of aromatic hydroxyl groups is 1. The van der Waals surface area contributed by atoms with Gasteiger partial charge in [-0.05, 0) is 42.5 Å². The summed E-state index contributed by atoms with van der Waals surface area (Å²) < 4.78 is 35.2. The zero-order chi connectivity index (χ0) is 23.0. The van der Waals surface area contributed by atoms with Gasteiger partial charge < -0.3 is 30.7 Å². The molecule has 0 saturated carbocycles. The number of ether oxygens (including phenoxy) is 2. The van der Waals surface area contributed by atoms with Crippen molar-refractivity contribution in [3.63, 3.8) is 0 Å². The summed E-state index contributed by atoms with van der Waals surface area (Å²) in [6.07, 6.45) is 0.350. The number of hydrogen-bond acceptors (Lipinski definition) is 8. The van der Waals surface area contributed by atoms with Gasteiger partial charge in [0, 0.05) is 20.1 Å². The Bertz CT molecular complexity index is 981. The van der Waals surface area contributed by atoms with Gasteiger partial charge in [0.15, 0.2) is 0 Å². The SMILES string of the molecule is CN(c1ccc(OCC(O)CNCCOc2ccc(O)c(C(N)=O)c2)cc1)S(C)(=O)=O. The first-order valence-corrected chi connectivity index (χ1v) is 11.2. The van der Waals surface area contributed by atoms with E-state index in [1.807, 2.05) is 0 Å². The molecule has 0 aromatic heterocycles. The van der Waals surface area contributed by atoms with Crippen molar-refractivity contribution in [2.45, 2.75) is 6.10 Å². The van der Waals surface area contributed by atoms with Crippen molar-refractivity contribution in [2.24, 2.45) is 5.73 Å². The molecule has 0 fully saturated rings. The maximum absolute atomic E-state index is 11.5. The highest BCUT2D eigenvalue weighted by atomic mass is 32.2. The zero-order valence-electron chi connectivity index (χ0n) is 17.3. The number of primary amides is 1. The third-order valence-electron chi connectivity index (χ3n) is 4.30. The monoisotopic (exact) mass is 453 g/mol. The van der Waals surface area contributed by atoms with Gasteiger partial charge in [0.1, 0.15) is 36.6 Å². The van der Waals surface area contributed by atoms with Crippen LogP contribution in [0.3, 0.4) is 0 Å². The third-order valence-corrected chi connectivity index (χ3v) is 5.51. The molecule has 10 nitrogen and oxygen atoms in total. The van der Waals surface area contributed by atoms with Crippen LogP contribution in [-0.2, 0) is 10.0 Å². The lowest BCUT2D eigenvalue weighted by atomic mass is 10.2. The van der Waals surface area contributed by atoms with Gasteiger partial charge in [-0.2, -0.15) is 0 Å². The van der Waals surface area contributed by atoms with Gasteiger partial charge in [0.2, 0.25) is 10.0 Å². The van der Waals surface area contributed by atoms with Gasteiger partial charge in [-0.3, -0.25) is 9.10 Å². The molecule has 11 heteroatoms. The fraction of sp³-hybridized carbons (Fsp3) is 0.350. The average molecular weight is 454 g/mol. The molecule has 0 aliphatic rings. The number of carbonyl (C=O) groups excluding carboxylic acids is 1. The maximum Gasteiger partial charge on any atom is 0.252 e. The summed E-state index contributed by atoms with van der Waals surface area (Å²) in [6, 6.07) is 10.7. The number of nitrogens with one attached hydrogen (secondary N) is 1. The Morgan fingerprint density at radius 3 is 2.42 bits per heavy atom. The van der Waals surface area contributed by atoms with E-state index in [0.717, 1.165) is 10.6 Å². The van der Waals surface area contributed by atoms with Gasteiger partial charge in [0.25, 0.3) is 5.91 Å². The highest BCUT2D eigenvalue weighted by molar-refractivity contribution is 7.92. The van der Waals surface area contributed by atoms with Crippen molar-refractivity contribution >= 4 is 21.6 Å². The van der Waals surface area contributed by atoms with Crippen molar-refractivity contribution in [1.29, 1.82) is 0 Å². The molecule has 2 aromatic carbocycles. The molecule has 1 amide bonds. The van der Waals surface area contributed by atoms with Crippen LogP contribution in [0.2, 0.25) is 0 Å². The van der Waals surface area contributed by atoms with Gasteiger partial charge in [-0.25, -0.2) is 8.42 Å². The van der Waals surface area contributed by atoms with Gasteiger partial charge in [-0.15, -0.1) is 0 Å². The summed E-state index contributed by atoms with van der Waals surface area (Å²) in [7, 11) is -1.87. The average Bonchev–Trinajstić information content (AvgIpc) is 2.72. The van der Waals surface area contributed by atoms with Crippen molar-refractivity contribution in [3.8, 4) is 17.2 Å². The topological polar surface area (TPSA) is 151 Å². The number of anilines is 1. The molecule has 5 N–H and O–H groups in total. The van der Waals surface area contributed by atoms with E-state index >= 15 is 0 Å². The van der Waals surface area contributed by atoms with Gasteiger partial charge in [-0.1, -0.05) is 0 Å². The first-order valence-electron chi connectivity index (χ1n) is 9.39. The summed E-state index contributed by atoms with van der Waals surface area (Å²) in [5, 5.41) is 22.6. The molecule has 0 aliphatic carbocycles. The van der Waals surface area contributed by atoms with Crippen LogP contribution in [0.5, 0.6) is 17.2 Å². The van der Waals surface area contributed by atoms with Crippen LogP contribution in [0.4, 0.5) is 5.69 Å². The second-order valence-electron chi connectivity index (χ2n) is 6.79. The zero-order valence-corrected chi connectivity index (χ0v) is 18.1. The minimum atomic E-state index is -3.33. The van der Waals surface area contributed by atoms with Crippen molar-refractivity contribution in [2.75, 3.05) is 43.9 Å². The van der Waals surface area contributed by atoms with Crippen LogP contribution >= 0.6 is 0 Å². The first-order chi connectivity index (χ1) is 14.6. The number of nitrogens with zero attached hydrogens (tertiary/aromatic N) is 1. The molecule has 170 valence electrons. The molecule has 0 saturated heterocycles. The molecule has 2 rings (SSSR count). The molecular formula is C20H27N3O7S. The van der Waals surface area contributed by atoms with Crippen molar-refractivity contribution < 1.29 is 32.9 Å². The van der Waals surface area contributed by atoms with E-state index in [0.29, 0.717) is 23.7 Å². The van der Waals surface area contributed by atoms with E-state index in [4.69, 9.17) is 15.2 Å². The Kier molecular flexibility index (Phi) is 8.48. The smallest absolute Gasteiger partial charge is 0.252 e. The number of amides is 1. The number of carbonyl (C=O) groups is 1. The van der Waals surface area contributed by atoms with Crippen molar-refractivity contribution in [3.05, 3.63) is 48.0 Å². The number of sulfonamides is 1. The molecule has 0 radical (unpaired) electrons. The summed E-state index contributed by atoms with van der Waals surface area (Å²) >= 11 is 0. The van der Waals surface area contributed by atoms with Crippen LogP contribution in [0.25, 0.3) is 0 Å². The quantitative estimate of drug-likeness (QED) is 0.335. The lowest BCUT2D eigenvalue weighted by Gasteiger charge is -2.17. The van der Waals surface area contributed by atoms with E-state index in [9.17, 15) is 23.4 Å². The lowest BCUT2D eigenvalue weighted by Crippen LogP contribution is -2.33. The van der Waals surface area contributed by atoms with Gasteiger partial charge >= 0.3 is 0 Å². The molecule has 2 aromatic rings. The summed E-state index contributed by atoms with van der Waals surface area (Å²) in [5.74, 6) is -0.0627. The number of phenols is 1. The normalized spacial score (nSPS) is 12.2. The molecule has 0 spiro atoms. The fourth-order valence-corrected chi connectivity index (χ4v) is 3.01. The largest absolute Gasteiger partial charge is 0.507 e. The van der Waals surface area contributed by atoms with Crippen LogP contribution in [0.1, 0.15) is 10.4 Å². The Balaban J connectivity index is 1.68. The summed E-state index contributed by atoms with van der Waals surface area (Å²) in [4.78, 5) is 11.2. The second-order valence-corrected chi connectivity index (χ2v) is 8.80. The highest BCUT2D eigenvalue weighted by Gasteiger charge is 2.12.